The van der Waals surface area contributed by atoms with Crippen molar-refractivity contribution in [1.29, 1.82) is 0 Å². The maximum atomic E-state index is 6.00. The van der Waals surface area contributed by atoms with Crippen molar-refractivity contribution in [2.24, 2.45) is 0 Å². The number of rotatable bonds is 2. The summed E-state index contributed by atoms with van der Waals surface area (Å²) in [6.45, 7) is 2.89. The van der Waals surface area contributed by atoms with Crippen LogP contribution >= 0.6 is 11.6 Å². The minimum Gasteiger partial charge on any atom is -0.399 e. The van der Waals surface area contributed by atoms with Gasteiger partial charge in [0.15, 0.2) is 0 Å². The zero-order chi connectivity index (χ0) is 10.0. The topological polar surface area (TPSA) is 29.3 Å². The molecular weight excluding hydrogens is 184 g/mol. The van der Waals surface area contributed by atoms with Crippen LogP contribution in [-0.4, -0.2) is 19.0 Å². The lowest BCUT2D eigenvalue weighted by molar-refractivity contribution is 0.401. The zero-order valence-corrected chi connectivity index (χ0v) is 9.02. The number of hydrogen-bond donors (Lipinski definition) is 1. The number of nitrogens with two attached hydrogens (primary N) is 1. The fourth-order valence-corrected chi connectivity index (χ4v) is 1.51. The van der Waals surface area contributed by atoms with E-state index < -0.39 is 0 Å². The fraction of sp³-hybridized carbons (Fsp3) is 0.400. The van der Waals surface area contributed by atoms with E-state index in [1.54, 1.807) is 6.07 Å². The molecule has 0 spiro atoms. The number of halogens is 1. The number of hydrogen-bond acceptors (Lipinski definition) is 2. The highest BCUT2D eigenvalue weighted by molar-refractivity contribution is 6.31. The Labute approximate surface area is 84.3 Å². The molecule has 0 aliphatic carbocycles. The van der Waals surface area contributed by atoms with E-state index in [1.165, 1.54) is 5.56 Å². The van der Waals surface area contributed by atoms with Gasteiger partial charge in [0.2, 0.25) is 0 Å². The molecule has 0 heterocycles. The van der Waals surface area contributed by atoms with Crippen molar-refractivity contribution in [1.82, 2.24) is 4.90 Å². The van der Waals surface area contributed by atoms with Gasteiger partial charge in [-0.15, -0.1) is 0 Å². The summed E-state index contributed by atoms with van der Waals surface area (Å²) < 4.78 is 0. The molecule has 2 N–H and O–H groups in total. The normalized spacial score (nSPS) is 10.8. The molecule has 0 amide bonds. The molecule has 2 nitrogen and oxygen atoms in total. The van der Waals surface area contributed by atoms with Crippen LogP contribution in [0.15, 0.2) is 12.1 Å². The molecule has 13 heavy (non-hydrogen) atoms. The average Bonchev–Trinajstić information content (AvgIpc) is 1.98. The summed E-state index contributed by atoms with van der Waals surface area (Å²) in [5.74, 6) is 0. The summed E-state index contributed by atoms with van der Waals surface area (Å²) >= 11 is 6.00. The Kier molecular flexibility index (Phi) is 3.17. The molecule has 0 aliphatic heterocycles. The lowest BCUT2D eigenvalue weighted by Crippen LogP contribution is -2.12. The first-order chi connectivity index (χ1) is 6.00. The Morgan fingerprint density at radius 2 is 2.00 bits per heavy atom. The third kappa shape index (κ3) is 2.61. The molecule has 0 fully saturated rings. The molecule has 1 aromatic rings. The van der Waals surface area contributed by atoms with Gasteiger partial charge in [-0.3, -0.25) is 0 Å². The molecule has 0 radical (unpaired) electrons. The summed E-state index contributed by atoms with van der Waals surface area (Å²) in [7, 11) is 4.05. The van der Waals surface area contributed by atoms with Crippen LogP contribution in [0.1, 0.15) is 11.1 Å². The van der Waals surface area contributed by atoms with Crippen LogP contribution in [0.25, 0.3) is 0 Å². The average molecular weight is 199 g/mol. The van der Waals surface area contributed by atoms with Crippen molar-refractivity contribution in [3.05, 3.63) is 28.3 Å². The maximum absolute atomic E-state index is 6.00. The number of anilines is 1. The third-order valence-electron chi connectivity index (χ3n) is 1.96. The smallest absolute Gasteiger partial charge is 0.0458 e. The highest BCUT2D eigenvalue weighted by atomic mass is 35.5. The van der Waals surface area contributed by atoms with Gasteiger partial charge >= 0.3 is 0 Å². The highest BCUT2D eigenvalue weighted by Crippen LogP contribution is 2.23. The quantitative estimate of drug-likeness (QED) is 0.739. The fourth-order valence-electron chi connectivity index (χ4n) is 1.26. The van der Waals surface area contributed by atoms with E-state index in [9.17, 15) is 0 Å². The minimum atomic E-state index is 0.729. The number of nitrogen functional groups attached to an aromatic ring is 1. The van der Waals surface area contributed by atoms with Gasteiger partial charge in [0.25, 0.3) is 0 Å². The maximum Gasteiger partial charge on any atom is 0.0458 e. The first-order valence-corrected chi connectivity index (χ1v) is 4.57. The SMILES string of the molecule is Cc1c(Cl)cc(N)cc1CN(C)C. The van der Waals surface area contributed by atoms with Gasteiger partial charge in [0.05, 0.1) is 0 Å². The molecule has 0 bridgehead atoms. The van der Waals surface area contributed by atoms with E-state index >= 15 is 0 Å². The minimum absolute atomic E-state index is 0.729. The van der Waals surface area contributed by atoms with Gasteiger partial charge in [-0.1, -0.05) is 11.6 Å². The number of nitrogens with zero attached hydrogens (tertiary/aromatic N) is 1. The van der Waals surface area contributed by atoms with Crippen molar-refractivity contribution in [3.8, 4) is 0 Å². The molecule has 1 rings (SSSR count). The van der Waals surface area contributed by atoms with Crippen LogP contribution in [0.2, 0.25) is 5.02 Å². The first kappa shape index (κ1) is 10.4. The lowest BCUT2D eigenvalue weighted by atomic mass is 10.1. The Hall–Kier alpha value is -0.730. The Bertz CT molecular complexity index is 308. The standard InChI is InChI=1S/C10H15ClN2/c1-7-8(6-13(2)3)4-9(12)5-10(7)11/h4-5H,6,12H2,1-3H3. The lowest BCUT2D eigenvalue weighted by Gasteiger charge is -2.13. The van der Waals surface area contributed by atoms with Gasteiger partial charge in [-0.2, -0.15) is 0 Å². The van der Waals surface area contributed by atoms with Crippen LogP contribution in [0.4, 0.5) is 5.69 Å². The molecule has 0 saturated heterocycles. The summed E-state index contributed by atoms with van der Waals surface area (Å²) in [5.41, 5.74) is 8.74. The Morgan fingerprint density at radius 3 is 2.54 bits per heavy atom. The molecule has 0 saturated carbocycles. The second-order valence-electron chi connectivity index (χ2n) is 3.52. The van der Waals surface area contributed by atoms with E-state index in [4.69, 9.17) is 17.3 Å². The summed E-state index contributed by atoms with van der Waals surface area (Å²) in [6, 6.07) is 3.76. The summed E-state index contributed by atoms with van der Waals surface area (Å²) in [5, 5.41) is 0.747. The second-order valence-corrected chi connectivity index (χ2v) is 3.93. The van der Waals surface area contributed by atoms with Crippen LogP contribution in [0, 0.1) is 6.92 Å². The molecule has 0 atom stereocenters. The van der Waals surface area contributed by atoms with Gasteiger partial charge in [0, 0.05) is 17.3 Å². The van der Waals surface area contributed by atoms with Crippen molar-refractivity contribution in [2.75, 3.05) is 19.8 Å². The summed E-state index contributed by atoms with van der Waals surface area (Å²) in [6.07, 6.45) is 0. The van der Waals surface area contributed by atoms with Gasteiger partial charge < -0.3 is 10.6 Å². The van der Waals surface area contributed by atoms with Gasteiger partial charge in [0.1, 0.15) is 0 Å². The first-order valence-electron chi connectivity index (χ1n) is 4.20. The molecule has 3 heteroatoms. The molecule has 0 aromatic heterocycles. The van der Waals surface area contributed by atoms with Gasteiger partial charge in [-0.25, -0.2) is 0 Å². The van der Waals surface area contributed by atoms with E-state index in [0.29, 0.717) is 0 Å². The largest absolute Gasteiger partial charge is 0.399 e. The third-order valence-corrected chi connectivity index (χ3v) is 2.35. The second kappa shape index (κ2) is 3.99. The molecule has 0 aliphatic rings. The van der Waals surface area contributed by atoms with E-state index in [2.05, 4.69) is 4.90 Å². The van der Waals surface area contributed by atoms with Crippen molar-refractivity contribution < 1.29 is 0 Å². The Balaban J connectivity index is 3.05. The predicted octanol–water partition coefficient (Wildman–Crippen LogP) is 2.29. The van der Waals surface area contributed by atoms with E-state index in [1.807, 2.05) is 27.1 Å². The van der Waals surface area contributed by atoms with Crippen LogP contribution in [-0.2, 0) is 6.54 Å². The van der Waals surface area contributed by atoms with E-state index in [0.717, 1.165) is 22.8 Å². The van der Waals surface area contributed by atoms with Gasteiger partial charge in [-0.05, 0) is 44.3 Å². The molecule has 1 aromatic carbocycles. The van der Waals surface area contributed by atoms with Crippen molar-refractivity contribution in [2.45, 2.75) is 13.5 Å². The summed E-state index contributed by atoms with van der Waals surface area (Å²) in [4.78, 5) is 2.10. The Morgan fingerprint density at radius 1 is 1.38 bits per heavy atom. The van der Waals surface area contributed by atoms with Crippen LogP contribution in [0.5, 0.6) is 0 Å². The monoisotopic (exact) mass is 198 g/mol. The highest BCUT2D eigenvalue weighted by Gasteiger charge is 2.04. The van der Waals surface area contributed by atoms with Crippen LogP contribution in [0.3, 0.4) is 0 Å². The van der Waals surface area contributed by atoms with Crippen molar-refractivity contribution in [3.63, 3.8) is 0 Å². The molecule has 72 valence electrons. The van der Waals surface area contributed by atoms with Crippen LogP contribution < -0.4 is 5.73 Å². The predicted molar refractivity (Wildman–Crippen MR) is 58.0 cm³/mol. The number of benzene rings is 1. The molecule has 0 unspecified atom stereocenters. The van der Waals surface area contributed by atoms with Crippen molar-refractivity contribution >= 4 is 17.3 Å². The zero-order valence-electron chi connectivity index (χ0n) is 8.26. The molecular formula is C10H15ClN2. The van der Waals surface area contributed by atoms with E-state index in [-0.39, 0.29) is 0 Å².